The lowest BCUT2D eigenvalue weighted by atomic mass is 10.1. The largest absolute Gasteiger partial charge is 0.480 e. The van der Waals surface area contributed by atoms with Crippen molar-refractivity contribution >= 4 is 45.3 Å². The second-order valence-electron chi connectivity index (χ2n) is 3.66. The topological polar surface area (TPSA) is 109 Å². The SMILES string of the molecule is NC(=O)C[C@@H](NC(=O)c1cc(Br)ccc1Cl)C(=O)O. The van der Waals surface area contributed by atoms with Crippen LogP contribution in [0.4, 0.5) is 0 Å². The monoisotopic (exact) mass is 348 g/mol. The number of amides is 2. The van der Waals surface area contributed by atoms with Crippen LogP contribution in [0.15, 0.2) is 22.7 Å². The molecule has 0 aliphatic carbocycles. The maximum absolute atomic E-state index is 11.9. The quantitative estimate of drug-likeness (QED) is 0.741. The van der Waals surface area contributed by atoms with Crippen LogP contribution in [0, 0.1) is 0 Å². The molecule has 1 aromatic rings. The van der Waals surface area contributed by atoms with Crippen molar-refractivity contribution in [1.82, 2.24) is 5.32 Å². The number of nitrogens with one attached hydrogen (secondary N) is 1. The fourth-order valence-electron chi connectivity index (χ4n) is 1.31. The summed E-state index contributed by atoms with van der Waals surface area (Å²) in [6, 6.07) is 3.18. The van der Waals surface area contributed by atoms with Gasteiger partial charge in [0, 0.05) is 4.47 Å². The molecule has 102 valence electrons. The molecule has 0 unspecified atom stereocenters. The van der Waals surface area contributed by atoms with Gasteiger partial charge in [-0.15, -0.1) is 0 Å². The summed E-state index contributed by atoms with van der Waals surface area (Å²) in [7, 11) is 0. The number of primary amides is 1. The Kier molecular flexibility index (Phi) is 5.31. The molecule has 0 heterocycles. The number of aliphatic carboxylic acids is 1. The maximum atomic E-state index is 11.9. The van der Waals surface area contributed by atoms with E-state index in [0.717, 1.165) is 0 Å². The number of hydrogen-bond acceptors (Lipinski definition) is 3. The van der Waals surface area contributed by atoms with Crippen LogP contribution in [0.5, 0.6) is 0 Å². The molecule has 0 aliphatic rings. The fourth-order valence-corrected chi connectivity index (χ4v) is 1.87. The summed E-state index contributed by atoms with van der Waals surface area (Å²) in [6.45, 7) is 0. The van der Waals surface area contributed by atoms with Crippen molar-refractivity contribution in [3.63, 3.8) is 0 Å². The van der Waals surface area contributed by atoms with E-state index in [1.165, 1.54) is 12.1 Å². The lowest BCUT2D eigenvalue weighted by Gasteiger charge is -2.13. The average molecular weight is 350 g/mol. The Morgan fingerprint density at radius 3 is 2.58 bits per heavy atom. The fraction of sp³-hybridized carbons (Fsp3) is 0.182. The molecule has 19 heavy (non-hydrogen) atoms. The van der Waals surface area contributed by atoms with E-state index in [9.17, 15) is 14.4 Å². The molecular formula is C11H10BrClN2O4. The number of carboxylic acid groups (broad SMARTS) is 1. The zero-order valence-electron chi connectivity index (χ0n) is 9.52. The van der Waals surface area contributed by atoms with E-state index in [2.05, 4.69) is 21.2 Å². The van der Waals surface area contributed by atoms with Crippen LogP contribution in [0.2, 0.25) is 5.02 Å². The van der Waals surface area contributed by atoms with Crippen molar-refractivity contribution in [1.29, 1.82) is 0 Å². The van der Waals surface area contributed by atoms with Crippen LogP contribution >= 0.6 is 27.5 Å². The first-order valence-corrected chi connectivity index (χ1v) is 6.25. The molecule has 4 N–H and O–H groups in total. The Morgan fingerprint density at radius 1 is 1.42 bits per heavy atom. The molecule has 1 atom stereocenters. The van der Waals surface area contributed by atoms with Crippen LogP contribution in [-0.2, 0) is 9.59 Å². The highest BCUT2D eigenvalue weighted by atomic mass is 79.9. The lowest BCUT2D eigenvalue weighted by molar-refractivity contribution is -0.140. The number of nitrogens with two attached hydrogens (primary N) is 1. The molecule has 2 amide bonds. The summed E-state index contributed by atoms with van der Waals surface area (Å²) in [6.07, 6.45) is -0.493. The third kappa shape index (κ3) is 4.53. The standard InChI is InChI=1S/C11H10BrClN2O4/c12-5-1-2-7(13)6(3-5)10(17)15-8(11(18)19)4-9(14)16/h1-3,8H,4H2,(H2,14,16)(H,15,17)(H,18,19)/t8-/m1/s1. The van der Waals surface area contributed by atoms with E-state index in [-0.39, 0.29) is 10.6 Å². The predicted molar refractivity (Wildman–Crippen MR) is 71.9 cm³/mol. The van der Waals surface area contributed by atoms with Crippen LogP contribution in [0.3, 0.4) is 0 Å². The number of hydrogen-bond donors (Lipinski definition) is 3. The van der Waals surface area contributed by atoms with Gasteiger partial charge in [0.2, 0.25) is 5.91 Å². The summed E-state index contributed by atoms with van der Waals surface area (Å²) in [5, 5.41) is 11.2. The smallest absolute Gasteiger partial charge is 0.326 e. The molecule has 0 radical (unpaired) electrons. The summed E-state index contributed by atoms with van der Waals surface area (Å²) in [4.78, 5) is 33.5. The van der Waals surface area contributed by atoms with Gasteiger partial charge >= 0.3 is 5.97 Å². The normalized spacial score (nSPS) is 11.7. The van der Waals surface area contributed by atoms with Gasteiger partial charge in [0.15, 0.2) is 0 Å². The molecule has 0 saturated heterocycles. The summed E-state index contributed by atoms with van der Waals surface area (Å²) in [5.41, 5.74) is 5.02. The van der Waals surface area contributed by atoms with Crippen LogP contribution < -0.4 is 11.1 Å². The van der Waals surface area contributed by atoms with Crippen molar-refractivity contribution in [3.05, 3.63) is 33.3 Å². The van der Waals surface area contributed by atoms with Crippen LogP contribution in [0.1, 0.15) is 16.8 Å². The Hall–Kier alpha value is -1.60. The highest BCUT2D eigenvalue weighted by Crippen LogP contribution is 2.21. The average Bonchev–Trinajstić information content (AvgIpc) is 2.30. The molecule has 0 aromatic heterocycles. The van der Waals surface area contributed by atoms with Gasteiger partial charge in [0.25, 0.3) is 5.91 Å². The zero-order valence-corrected chi connectivity index (χ0v) is 11.9. The Morgan fingerprint density at radius 2 is 2.05 bits per heavy atom. The first-order chi connectivity index (χ1) is 8.81. The molecule has 0 fully saturated rings. The van der Waals surface area contributed by atoms with Gasteiger partial charge in [-0.05, 0) is 18.2 Å². The summed E-state index contributed by atoms with van der Waals surface area (Å²) < 4.78 is 0.615. The molecule has 0 spiro atoms. The second-order valence-corrected chi connectivity index (χ2v) is 4.98. The number of benzene rings is 1. The van der Waals surface area contributed by atoms with Crippen LogP contribution in [-0.4, -0.2) is 28.9 Å². The highest BCUT2D eigenvalue weighted by Gasteiger charge is 2.23. The molecule has 8 heteroatoms. The van der Waals surface area contributed by atoms with Gasteiger partial charge in [0.05, 0.1) is 17.0 Å². The molecule has 0 bridgehead atoms. The van der Waals surface area contributed by atoms with Gasteiger partial charge in [-0.2, -0.15) is 0 Å². The molecule has 6 nitrogen and oxygen atoms in total. The van der Waals surface area contributed by atoms with E-state index >= 15 is 0 Å². The summed E-state index contributed by atoms with van der Waals surface area (Å²) in [5.74, 6) is -2.87. The predicted octanol–water partition coefficient (Wildman–Crippen LogP) is 1.16. The van der Waals surface area contributed by atoms with E-state index in [1.807, 2.05) is 0 Å². The Labute approximate surface area is 122 Å². The number of carbonyl (C=O) groups is 3. The molecule has 0 saturated carbocycles. The van der Waals surface area contributed by atoms with Crippen molar-refractivity contribution in [2.45, 2.75) is 12.5 Å². The molecule has 1 aromatic carbocycles. The highest BCUT2D eigenvalue weighted by molar-refractivity contribution is 9.10. The van der Waals surface area contributed by atoms with E-state index in [1.54, 1.807) is 6.07 Å². The van der Waals surface area contributed by atoms with Crippen LogP contribution in [0.25, 0.3) is 0 Å². The minimum absolute atomic E-state index is 0.103. The van der Waals surface area contributed by atoms with E-state index in [4.69, 9.17) is 22.4 Å². The maximum Gasteiger partial charge on any atom is 0.326 e. The summed E-state index contributed by atoms with van der Waals surface area (Å²) >= 11 is 9.01. The number of halogens is 2. The second kappa shape index (κ2) is 6.53. The molecule has 0 aliphatic heterocycles. The first kappa shape index (κ1) is 15.5. The van der Waals surface area contributed by atoms with E-state index < -0.39 is 30.2 Å². The zero-order chi connectivity index (χ0) is 14.6. The lowest BCUT2D eigenvalue weighted by Crippen LogP contribution is -2.43. The number of carboxylic acids is 1. The van der Waals surface area contributed by atoms with Gasteiger partial charge in [0.1, 0.15) is 6.04 Å². The third-order valence-corrected chi connectivity index (χ3v) is 3.00. The molecular weight excluding hydrogens is 339 g/mol. The van der Waals surface area contributed by atoms with Crippen molar-refractivity contribution in [2.24, 2.45) is 5.73 Å². The third-order valence-electron chi connectivity index (χ3n) is 2.18. The Bertz CT molecular complexity index is 535. The van der Waals surface area contributed by atoms with Gasteiger partial charge in [-0.25, -0.2) is 4.79 Å². The van der Waals surface area contributed by atoms with Gasteiger partial charge in [-0.1, -0.05) is 27.5 Å². The number of carbonyl (C=O) groups excluding carboxylic acids is 2. The first-order valence-electron chi connectivity index (χ1n) is 5.08. The van der Waals surface area contributed by atoms with Gasteiger partial charge in [-0.3, -0.25) is 9.59 Å². The van der Waals surface area contributed by atoms with Crippen molar-refractivity contribution in [2.75, 3.05) is 0 Å². The van der Waals surface area contributed by atoms with E-state index in [0.29, 0.717) is 4.47 Å². The minimum Gasteiger partial charge on any atom is -0.480 e. The minimum atomic E-state index is -1.39. The van der Waals surface area contributed by atoms with Crippen molar-refractivity contribution < 1.29 is 19.5 Å². The van der Waals surface area contributed by atoms with Gasteiger partial charge < -0.3 is 16.2 Å². The molecule has 1 rings (SSSR count). The van der Waals surface area contributed by atoms with Crippen molar-refractivity contribution in [3.8, 4) is 0 Å². The number of rotatable bonds is 5. The Balaban J connectivity index is 2.90.